The van der Waals surface area contributed by atoms with Crippen molar-refractivity contribution in [1.82, 2.24) is 4.90 Å². The molecule has 1 amide bonds. The van der Waals surface area contributed by atoms with Crippen LogP contribution in [0.2, 0.25) is 0 Å². The molecule has 0 spiro atoms. The fourth-order valence-electron chi connectivity index (χ4n) is 3.42. The first-order valence-corrected chi connectivity index (χ1v) is 8.67. The molecule has 0 saturated carbocycles. The number of nitrogens with zero attached hydrogens (tertiary/aromatic N) is 1. The number of hydrogen-bond donors (Lipinski definition) is 1. The van der Waals surface area contributed by atoms with Crippen LogP contribution >= 0.6 is 0 Å². The molecule has 0 aromatic heterocycles. The Morgan fingerprint density at radius 2 is 1.91 bits per heavy atom. The molecule has 4 heteroatoms. The van der Waals surface area contributed by atoms with E-state index in [-0.39, 0.29) is 5.91 Å². The van der Waals surface area contributed by atoms with Crippen LogP contribution in [-0.4, -0.2) is 36.5 Å². The molecular formula is C19H30N2O2. The molecule has 1 fully saturated rings. The largest absolute Gasteiger partial charge is 0.497 e. The van der Waals surface area contributed by atoms with Gasteiger partial charge in [0.25, 0.3) is 0 Å². The van der Waals surface area contributed by atoms with Crippen molar-refractivity contribution >= 4 is 5.91 Å². The standard InChI is InChI=1S/C19H30N2O2/c1-4-11-19(2,20)18(22)21-12-9-16(10-13-21)14-15-5-7-17(23-3)8-6-15/h5-8,16H,4,9-14,20H2,1-3H3. The smallest absolute Gasteiger partial charge is 0.242 e. The second-order valence-corrected chi connectivity index (χ2v) is 6.96. The molecule has 1 heterocycles. The number of likely N-dealkylation sites (tertiary alicyclic amines) is 1. The van der Waals surface area contributed by atoms with Crippen molar-refractivity contribution in [3.05, 3.63) is 29.8 Å². The van der Waals surface area contributed by atoms with Gasteiger partial charge in [0.1, 0.15) is 5.75 Å². The highest BCUT2D eigenvalue weighted by Gasteiger charge is 2.33. The van der Waals surface area contributed by atoms with Gasteiger partial charge in [0.05, 0.1) is 12.6 Å². The summed E-state index contributed by atoms with van der Waals surface area (Å²) in [4.78, 5) is 14.5. The van der Waals surface area contributed by atoms with Crippen LogP contribution < -0.4 is 10.5 Å². The first-order valence-electron chi connectivity index (χ1n) is 8.67. The molecular weight excluding hydrogens is 288 g/mol. The van der Waals surface area contributed by atoms with Gasteiger partial charge >= 0.3 is 0 Å². The topological polar surface area (TPSA) is 55.6 Å². The van der Waals surface area contributed by atoms with Crippen LogP contribution in [0.4, 0.5) is 0 Å². The van der Waals surface area contributed by atoms with Crippen molar-refractivity contribution in [3.63, 3.8) is 0 Å². The Hall–Kier alpha value is -1.55. The molecule has 1 aliphatic rings. The van der Waals surface area contributed by atoms with E-state index >= 15 is 0 Å². The van der Waals surface area contributed by atoms with Gasteiger partial charge in [-0.05, 0) is 56.2 Å². The number of carbonyl (C=O) groups is 1. The molecule has 0 aliphatic carbocycles. The summed E-state index contributed by atoms with van der Waals surface area (Å²) in [6.07, 6.45) is 4.87. The number of nitrogens with two attached hydrogens (primary N) is 1. The van der Waals surface area contributed by atoms with Gasteiger partial charge in [-0.25, -0.2) is 0 Å². The van der Waals surface area contributed by atoms with Crippen molar-refractivity contribution < 1.29 is 9.53 Å². The Morgan fingerprint density at radius 1 is 1.30 bits per heavy atom. The monoisotopic (exact) mass is 318 g/mol. The molecule has 4 nitrogen and oxygen atoms in total. The molecule has 1 unspecified atom stereocenters. The molecule has 1 aliphatic heterocycles. The van der Waals surface area contributed by atoms with E-state index in [9.17, 15) is 4.79 Å². The zero-order valence-electron chi connectivity index (χ0n) is 14.7. The van der Waals surface area contributed by atoms with E-state index in [1.165, 1.54) is 5.56 Å². The lowest BCUT2D eigenvalue weighted by atomic mass is 9.88. The summed E-state index contributed by atoms with van der Waals surface area (Å²) in [5.74, 6) is 1.65. The highest BCUT2D eigenvalue weighted by Crippen LogP contribution is 2.25. The highest BCUT2D eigenvalue weighted by atomic mass is 16.5. The molecule has 2 N–H and O–H groups in total. The Labute approximate surface area is 140 Å². The third-order valence-electron chi connectivity index (χ3n) is 4.84. The van der Waals surface area contributed by atoms with Gasteiger partial charge in [-0.2, -0.15) is 0 Å². The van der Waals surface area contributed by atoms with E-state index in [0.717, 1.165) is 50.9 Å². The number of ether oxygens (including phenoxy) is 1. The lowest BCUT2D eigenvalue weighted by Crippen LogP contribution is -2.55. The van der Waals surface area contributed by atoms with Crippen LogP contribution in [0.1, 0.15) is 45.1 Å². The maximum Gasteiger partial charge on any atom is 0.242 e. The maximum absolute atomic E-state index is 12.5. The Balaban J connectivity index is 1.84. The minimum Gasteiger partial charge on any atom is -0.497 e. The first-order chi connectivity index (χ1) is 11.0. The minimum atomic E-state index is -0.711. The van der Waals surface area contributed by atoms with Crippen LogP contribution in [0.3, 0.4) is 0 Å². The summed E-state index contributed by atoms with van der Waals surface area (Å²) in [6, 6.07) is 8.29. The third-order valence-corrected chi connectivity index (χ3v) is 4.84. The fraction of sp³-hybridized carbons (Fsp3) is 0.632. The van der Waals surface area contributed by atoms with Gasteiger partial charge in [0.15, 0.2) is 0 Å². The predicted molar refractivity (Wildman–Crippen MR) is 93.5 cm³/mol. The highest BCUT2D eigenvalue weighted by molar-refractivity contribution is 5.85. The molecule has 2 rings (SSSR count). The second-order valence-electron chi connectivity index (χ2n) is 6.96. The zero-order valence-corrected chi connectivity index (χ0v) is 14.7. The first kappa shape index (κ1) is 17.8. The minimum absolute atomic E-state index is 0.113. The zero-order chi connectivity index (χ0) is 16.9. The summed E-state index contributed by atoms with van der Waals surface area (Å²) in [5, 5.41) is 0. The van der Waals surface area contributed by atoms with Crippen molar-refractivity contribution in [1.29, 1.82) is 0 Å². The number of piperidine rings is 1. The van der Waals surface area contributed by atoms with Gasteiger partial charge in [-0.15, -0.1) is 0 Å². The maximum atomic E-state index is 12.5. The van der Waals surface area contributed by atoms with Crippen LogP contribution in [0.25, 0.3) is 0 Å². The molecule has 1 atom stereocenters. The van der Waals surface area contributed by atoms with Gasteiger partial charge in [0.2, 0.25) is 5.91 Å². The van der Waals surface area contributed by atoms with Gasteiger partial charge in [0, 0.05) is 13.1 Å². The van der Waals surface area contributed by atoms with Gasteiger partial charge < -0.3 is 15.4 Å². The normalized spacial score (nSPS) is 18.5. The van der Waals surface area contributed by atoms with E-state index < -0.39 is 5.54 Å². The van der Waals surface area contributed by atoms with Gasteiger partial charge in [-0.1, -0.05) is 25.5 Å². The molecule has 1 aromatic rings. The Kier molecular flexibility index (Phi) is 6.05. The number of carbonyl (C=O) groups excluding carboxylic acids is 1. The molecule has 128 valence electrons. The van der Waals surface area contributed by atoms with E-state index in [1.807, 2.05) is 24.0 Å². The number of benzene rings is 1. The molecule has 1 aromatic carbocycles. The molecule has 1 saturated heterocycles. The van der Waals surface area contributed by atoms with Crippen LogP contribution in [-0.2, 0) is 11.2 Å². The van der Waals surface area contributed by atoms with Crippen molar-refractivity contribution in [2.75, 3.05) is 20.2 Å². The predicted octanol–water partition coefficient (Wildman–Crippen LogP) is 2.99. The average Bonchev–Trinajstić information content (AvgIpc) is 2.55. The number of hydrogen-bond acceptors (Lipinski definition) is 3. The van der Waals surface area contributed by atoms with Crippen LogP contribution in [0, 0.1) is 5.92 Å². The van der Waals surface area contributed by atoms with Crippen LogP contribution in [0.5, 0.6) is 5.75 Å². The quantitative estimate of drug-likeness (QED) is 0.877. The Morgan fingerprint density at radius 3 is 2.43 bits per heavy atom. The summed E-state index contributed by atoms with van der Waals surface area (Å²) in [5.41, 5.74) is 6.81. The molecule has 0 bridgehead atoms. The summed E-state index contributed by atoms with van der Waals surface area (Å²) < 4.78 is 5.20. The lowest BCUT2D eigenvalue weighted by Gasteiger charge is -2.37. The number of amides is 1. The van der Waals surface area contributed by atoms with E-state index in [0.29, 0.717) is 5.92 Å². The summed E-state index contributed by atoms with van der Waals surface area (Å²) in [7, 11) is 1.69. The van der Waals surface area contributed by atoms with E-state index in [1.54, 1.807) is 7.11 Å². The third kappa shape index (κ3) is 4.71. The second kappa shape index (κ2) is 7.82. The van der Waals surface area contributed by atoms with Crippen molar-refractivity contribution in [2.24, 2.45) is 11.7 Å². The SMILES string of the molecule is CCCC(C)(N)C(=O)N1CCC(Cc2ccc(OC)cc2)CC1. The van der Waals surface area contributed by atoms with Gasteiger partial charge in [-0.3, -0.25) is 4.79 Å². The van der Waals surface area contributed by atoms with E-state index in [4.69, 9.17) is 10.5 Å². The summed E-state index contributed by atoms with van der Waals surface area (Å²) in [6.45, 7) is 5.59. The lowest BCUT2D eigenvalue weighted by molar-refractivity contribution is -0.138. The van der Waals surface area contributed by atoms with Crippen molar-refractivity contribution in [2.45, 2.75) is 51.5 Å². The van der Waals surface area contributed by atoms with Crippen LogP contribution in [0.15, 0.2) is 24.3 Å². The molecule has 23 heavy (non-hydrogen) atoms. The van der Waals surface area contributed by atoms with Crippen molar-refractivity contribution in [3.8, 4) is 5.75 Å². The van der Waals surface area contributed by atoms with E-state index in [2.05, 4.69) is 19.1 Å². The molecule has 0 radical (unpaired) electrons. The average molecular weight is 318 g/mol. The summed E-state index contributed by atoms with van der Waals surface area (Å²) >= 11 is 0. The fourth-order valence-corrected chi connectivity index (χ4v) is 3.42. The Bertz CT molecular complexity index is 503. The number of methoxy groups -OCH3 is 1. The number of rotatable bonds is 6.